The molecule has 32 heavy (non-hydrogen) atoms. The molecule has 160 valence electrons. The van der Waals surface area contributed by atoms with Gasteiger partial charge in [0.05, 0.1) is 12.2 Å². The third-order valence-corrected chi connectivity index (χ3v) is 4.85. The maximum Gasteiger partial charge on any atom is 0.195 e. The molecule has 0 radical (unpaired) electrons. The molecule has 4 aromatic carbocycles. The largest absolute Gasteiger partial charge is 0.494 e. The Morgan fingerprint density at radius 1 is 0.719 bits per heavy atom. The SMILES string of the molecule is CCOc1ccc(-c2ccc(C#Cc3ccc4c(F)c(F)c(F)cc4c3)c(F)c2)c(F)c1. The molecular formula is C26H15F5O. The molecule has 6 heteroatoms. The Bertz CT molecular complexity index is 1400. The Kier molecular flexibility index (Phi) is 5.83. The van der Waals surface area contributed by atoms with Crippen molar-refractivity contribution in [2.24, 2.45) is 0 Å². The summed E-state index contributed by atoms with van der Waals surface area (Å²) in [4.78, 5) is 0. The highest BCUT2D eigenvalue weighted by atomic mass is 19.2. The molecule has 4 aromatic rings. The van der Waals surface area contributed by atoms with E-state index >= 15 is 0 Å². The quantitative estimate of drug-likeness (QED) is 0.190. The summed E-state index contributed by atoms with van der Waals surface area (Å²) in [5.74, 6) is 0.450. The molecule has 0 aliphatic heterocycles. The molecule has 0 unspecified atom stereocenters. The van der Waals surface area contributed by atoms with Crippen molar-refractivity contribution in [3.63, 3.8) is 0 Å². The van der Waals surface area contributed by atoms with Crippen molar-refractivity contribution in [1.29, 1.82) is 0 Å². The van der Waals surface area contributed by atoms with Gasteiger partial charge in [0.15, 0.2) is 17.5 Å². The van der Waals surface area contributed by atoms with Crippen molar-refractivity contribution in [1.82, 2.24) is 0 Å². The number of fused-ring (bicyclic) bond motifs is 1. The Hall–Kier alpha value is -3.85. The van der Waals surface area contributed by atoms with Gasteiger partial charge in [-0.25, -0.2) is 22.0 Å². The first-order valence-electron chi connectivity index (χ1n) is 9.69. The molecule has 1 nitrogen and oxygen atoms in total. The van der Waals surface area contributed by atoms with E-state index in [9.17, 15) is 22.0 Å². The second-order valence-corrected chi connectivity index (χ2v) is 6.94. The van der Waals surface area contributed by atoms with Crippen LogP contribution in [0.1, 0.15) is 18.1 Å². The van der Waals surface area contributed by atoms with Crippen molar-refractivity contribution >= 4 is 10.8 Å². The van der Waals surface area contributed by atoms with Gasteiger partial charge in [-0.2, -0.15) is 0 Å². The van der Waals surface area contributed by atoms with Gasteiger partial charge in [0, 0.05) is 22.6 Å². The summed E-state index contributed by atoms with van der Waals surface area (Å²) in [6.07, 6.45) is 0. The van der Waals surface area contributed by atoms with Crippen LogP contribution in [0.2, 0.25) is 0 Å². The first-order chi connectivity index (χ1) is 15.4. The number of hydrogen-bond acceptors (Lipinski definition) is 1. The minimum absolute atomic E-state index is 0.0664. The van der Waals surface area contributed by atoms with Gasteiger partial charge in [-0.05, 0) is 60.3 Å². The first kappa shape index (κ1) is 21.4. The van der Waals surface area contributed by atoms with Gasteiger partial charge in [0.25, 0.3) is 0 Å². The predicted molar refractivity (Wildman–Crippen MR) is 113 cm³/mol. The van der Waals surface area contributed by atoms with Crippen LogP contribution in [0.3, 0.4) is 0 Å². The molecule has 0 saturated heterocycles. The minimum Gasteiger partial charge on any atom is -0.494 e. The van der Waals surface area contributed by atoms with E-state index in [1.54, 1.807) is 19.1 Å². The first-order valence-corrected chi connectivity index (χ1v) is 9.69. The van der Waals surface area contributed by atoms with Crippen molar-refractivity contribution in [3.8, 4) is 28.7 Å². The van der Waals surface area contributed by atoms with E-state index in [1.165, 1.54) is 42.5 Å². The summed E-state index contributed by atoms with van der Waals surface area (Å²) in [7, 11) is 0. The summed E-state index contributed by atoms with van der Waals surface area (Å²) >= 11 is 0. The fraction of sp³-hybridized carbons (Fsp3) is 0.0769. The van der Waals surface area contributed by atoms with Crippen LogP contribution in [0, 0.1) is 40.9 Å². The Balaban J connectivity index is 1.64. The molecule has 0 aliphatic rings. The number of ether oxygens (including phenoxy) is 1. The lowest BCUT2D eigenvalue weighted by molar-refractivity contribution is 0.338. The zero-order valence-corrected chi connectivity index (χ0v) is 16.8. The van der Waals surface area contributed by atoms with Crippen LogP contribution >= 0.6 is 0 Å². The van der Waals surface area contributed by atoms with Crippen LogP contribution < -0.4 is 4.74 Å². The van der Waals surface area contributed by atoms with Gasteiger partial charge < -0.3 is 4.74 Å². The van der Waals surface area contributed by atoms with Gasteiger partial charge in [-0.1, -0.05) is 24.0 Å². The third-order valence-electron chi connectivity index (χ3n) is 4.85. The second-order valence-electron chi connectivity index (χ2n) is 6.94. The van der Waals surface area contributed by atoms with E-state index in [1.807, 2.05) is 0 Å². The van der Waals surface area contributed by atoms with Crippen LogP contribution in [-0.4, -0.2) is 6.61 Å². The maximum absolute atomic E-state index is 14.6. The molecule has 4 rings (SSSR count). The van der Waals surface area contributed by atoms with Crippen molar-refractivity contribution < 1.29 is 26.7 Å². The number of hydrogen-bond donors (Lipinski definition) is 0. The van der Waals surface area contributed by atoms with Gasteiger partial charge in [0.1, 0.15) is 17.4 Å². The maximum atomic E-state index is 14.6. The minimum atomic E-state index is -1.54. The van der Waals surface area contributed by atoms with Crippen molar-refractivity contribution in [2.45, 2.75) is 6.92 Å². The van der Waals surface area contributed by atoms with E-state index < -0.39 is 29.1 Å². The van der Waals surface area contributed by atoms with Crippen LogP contribution in [0.15, 0.2) is 60.7 Å². The van der Waals surface area contributed by atoms with Crippen LogP contribution in [0.25, 0.3) is 21.9 Å². The molecule has 0 aliphatic carbocycles. The van der Waals surface area contributed by atoms with E-state index in [0.29, 0.717) is 23.5 Å². The summed E-state index contributed by atoms with van der Waals surface area (Å²) in [5, 5.41) is 0.0531. The summed E-state index contributed by atoms with van der Waals surface area (Å²) in [5.41, 5.74) is 0.991. The van der Waals surface area contributed by atoms with Gasteiger partial charge >= 0.3 is 0 Å². The number of benzene rings is 4. The van der Waals surface area contributed by atoms with E-state index in [2.05, 4.69) is 11.8 Å². The summed E-state index contributed by atoms with van der Waals surface area (Å²) in [6, 6.07) is 13.5. The highest BCUT2D eigenvalue weighted by molar-refractivity contribution is 5.84. The van der Waals surface area contributed by atoms with Crippen molar-refractivity contribution in [2.75, 3.05) is 6.61 Å². The Morgan fingerprint density at radius 2 is 1.53 bits per heavy atom. The van der Waals surface area contributed by atoms with Crippen LogP contribution in [0.5, 0.6) is 5.75 Å². The molecule has 0 spiro atoms. The lowest BCUT2D eigenvalue weighted by Crippen LogP contribution is -1.94. The average molecular weight is 438 g/mol. The molecule has 0 bridgehead atoms. The molecule has 0 saturated carbocycles. The standard InChI is InChI=1S/C26H15F5O/c1-2-32-19-8-10-20(23(28)14-19)17-7-6-16(22(27)12-17)5-3-15-4-9-21-18(11-15)13-24(29)26(31)25(21)30/h4,6-14H,2H2,1H3. The van der Waals surface area contributed by atoms with Crippen LogP contribution in [0.4, 0.5) is 22.0 Å². The highest BCUT2D eigenvalue weighted by Crippen LogP contribution is 2.28. The van der Waals surface area contributed by atoms with E-state index in [-0.39, 0.29) is 21.9 Å². The zero-order valence-electron chi connectivity index (χ0n) is 16.8. The fourth-order valence-corrected chi connectivity index (χ4v) is 3.29. The average Bonchev–Trinajstić information content (AvgIpc) is 2.77. The molecule has 0 amide bonds. The van der Waals surface area contributed by atoms with E-state index in [4.69, 9.17) is 4.74 Å². The van der Waals surface area contributed by atoms with Crippen molar-refractivity contribution in [3.05, 3.63) is 101 Å². The highest BCUT2D eigenvalue weighted by Gasteiger charge is 2.13. The van der Waals surface area contributed by atoms with E-state index in [0.717, 1.165) is 6.07 Å². The summed E-state index contributed by atoms with van der Waals surface area (Å²) in [6.45, 7) is 2.19. The molecule has 0 aromatic heterocycles. The lowest BCUT2D eigenvalue weighted by atomic mass is 10.0. The number of halogens is 5. The van der Waals surface area contributed by atoms with Crippen LogP contribution in [-0.2, 0) is 0 Å². The monoisotopic (exact) mass is 438 g/mol. The topological polar surface area (TPSA) is 9.23 Å². The molecule has 0 atom stereocenters. The molecular weight excluding hydrogens is 423 g/mol. The number of rotatable bonds is 3. The zero-order chi connectivity index (χ0) is 22.8. The Morgan fingerprint density at radius 3 is 2.25 bits per heavy atom. The summed E-state index contributed by atoms with van der Waals surface area (Å²) < 4.78 is 74.9. The second kappa shape index (κ2) is 8.72. The molecule has 0 heterocycles. The van der Waals surface area contributed by atoms with Gasteiger partial charge in [-0.3, -0.25) is 0 Å². The third kappa shape index (κ3) is 4.15. The fourth-order valence-electron chi connectivity index (χ4n) is 3.29. The predicted octanol–water partition coefficient (Wildman–Crippen LogP) is 7.00. The smallest absolute Gasteiger partial charge is 0.195 e. The molecule has 0 fully saturated rings. The Labute approximate surface area is 181 Å². The lowest BCUT2D eigenvalue weighted by Gasteiger charge is -2.08. The van der Waals surface area contributed by atoms with Gasteiger partial charge in [0.2, 0.25) is 0 Å². The normalized spacial score (nSPS) is 10.7. The van der Waals surface area contributed by atoms with Gasteiger partial charge in [-0.15, -0.1) is 0 Å². The molecule has 0 N–H and O–H groups in total.